The number of hydrogen-bond acceptors (Lipinski definition) is 2. The van der Waals surface area contributed by atoms with E-state index in [0.29, 0.717) is 0 Å². The molecular weight excluding hydrogens is 565 g/mol. The summed E-state index contributed by atoms with van der Waals surface area (Å²) in [6.07, 6.45) is 0. The molecule has 0 radical (unpaired) electrons. The second kappa shape index (κ2) is 10.3. The molecule has 212 valence electrons. The number of para-hydroxylation sites is 1. The summed E-state index contributed by atoms with van der Waals surface area (Å²) in [5.41, 5.74) is 11.4. The number of nitrogens with zero attached hydrogens (tertiary/aromatic N) is 2. The number of thiophene rings is 1. The van der Waals surface area contributed by atoms with Crippen molar-refractivity contribution >= 4 is 53.3 Å². The predicted octanol–water partition coefficient (Wildman–Crippen LogP) is 11.9. The molecule has 3 heterocycles. The fourth-order valence-electron chi connectivity index (χ4n) is 6.89. The van der Waals surface area contributed by atoms with E-state index in [0.717, 1.165) is 28.2 Å². The molecule has 0 aliphatic heterocycles. The predicted molar refractivity (Wildman–Crippen MR) is 193 cm³/mol. The molecule has 0 amide bonds. The highest BCUT2D eigenvalue weighted by Gasteiger charge is 2.18. The van der Waals surface area contributed by atoms with Gasteiger partial charge in [-0.3, -0.25) is 0 Å². The molecule has 9 aromatic rings. The van der Waals surface area contributed by atoms with Crippen molar-refractivity contribution in [2.75, 3.05) is 0 Å². The van der Waals surface area contributed by atoms with Crippen LogP contribution in [0, 0.1) is 6.92 Å². The van der Waals surface area contributed by atoms with Crippen LogP contribution < -0.4 is 0 Å². The molecule has 45 heavy (non-hydrogen) atoms. The minimum Gasteiger partial charge on any atom is -0.309 e. The quantitative estimate of drug-likeness (QED) is 0.199. The van der Waals surface area contributed by atoms with Gasteiger partial charge in [-0.05, 0) is 66.1 Å². The van der Waals surface area contributed by atoms with Gasteiger partial charge in [0.1, 0.15) is 0 Å². The molecule has 0 aliphatic rings. The third kappa shape index (κ3) is 4.12. The van der Waals surface area contributed by atoms with Gasteiger partial charge in [-0.15, -0.1) is 11.3 Å². The van der Waals surface area contributed by atoms with E-state index in [1.807, 2.05) is 11.3 Å². The Bertz CT molecular complexity index is 2520. The lowest BCUT2D eigenvalue weighted by Crippen LogP contribution is -1.97. The Morgan fingerprint density at radius 1 is 0.511 bits per heavy atom. The zero-order valence-electron chi connectivity index (χ0n) is 24.7. The van der Waals surface area contributed by atoms with Crippen LogP contribution in [0.15, 0.2) is 152 Å². The Labute approximate surface area is 265 Å². The summed E-state index contributed by atoms with van der Waals surface area (Å²) in [6, 6.07) is 54.5. The van der Waals surface area contributed by atoms with Gasteiger partial charge in [-0.1, -0.05) is 109 Å². The highest BCUT2D eigenvalue weighted by molar-refractivity contribution is 7.26. The maximum atomic E-state index is 5.16. The van der Waals surface area contributed by atoms with Crippen LogP contribution in [0.5, 0.6) is 0 Å². The Morgan fingerprint density at radius 2 is 1.18 bits per heavy atom. The molecule has 0 saturated carbocycles. The summed E-state index contributed by atoms with van der Waals surface area (Å²) >= 11 is 1.88. The largest absolute Gasteiger partial charge is 0.309 e. The van der Waals surface area contributed by atoms with Crippen LogP contribution >= 0.6 is 11.3 Å². The van der Waals surface area contributed by atoms with E-state index in [1.54, 1.807) is 0 Å². The van der Waals surface area contributed by atoms with Gasteiger partial charge in [0.2, 0.25) is 0 Å². The highest BCUT2D eigenvalue weighted by Crippen LogP contribution is 2.43. The van der Waals surface area contributed by atoms with E-state index in [4.69, 9.17) is 4.98 Å². The maximum Gasteiger partial charge on any atom is 0.0744 e. The van der Waals surface area contributed by atoms with Gasteiger partial charge in [0.05, 0.1) is 22.4 Å². The summed E-state index contributed by atoms with van der Waals surface area (Å²) in [7, 11) is 0. The van der Waals surface area contributed by atoms with E-state index < -0.39 is 0 Å². The SMILES string of the molecule is Cc1c(-c2ccc(-n3c4ccccc4c4c5c(ccc43)sc3ccccc35)cc2)cc(-c2ccccc2)nc1-c1ccccc1. The van der Waals surface area contributed by atoms with Gasteiger partial charge < -0.3 is 4.57 Å². The fraction of sp³-hybridized carbons (Fsp3) is 0.0238. The Kier molecular flexibility index (Phi) is 5.93. The van der Waals surface area contributed by atoms with Gasteiger partial charge in [0.15, 0.2) is 0 Å². The Balaban J connectivity index is 1.24. The molecule has 0 spiro atoms. The first-order chi connectivity index (χ1) is 22.2. The minimum atomic E-state index is 0.980. The van der Waals surface area contributed by atoms with Gasteiger partial charge in [-0.25, -0.2) is 4.98 Å². The average molecular weight is 593 g/mol. The molecule has 0 N–H and O–H groups in total. The van der Waals surface area contributed by atoms with Crippen molar-refractivity contribution in [3.63, 3.8) is 0 Å². The van der Waals surface area contributed by atoms with Gasteiger partial charge >= 0.3 is 0 Å². The lowest BCUT2D eigenvalue weighted by molar-refractivity contribution is 1.18. The second-order valence-electron chi connectivity index (χ2n) is 11.6. The molecule has 2 nitrogen and oxygen atoms in total. The van der Waals surface area contributed by atoms with Crippen LogP contribution in [0.4, 0.5) is 0 Å². The molecule has 3 heteroatoms. The number of hydrogen-bond donors (Lipinski definition) is 0. The zero-order chi connectivity index (χ0) is 29.9. The molecule has 0 bridgehead atoms. The fourth-order valence-corrected chi connectivity index (χ4v) is 8.00. The molecule has 0 atom stereocenters. The number of benzene rings is 6. The van der Waals surface area contributed by atoms with Crippen LogP contribution in [0.25, 0.3) is 81.3 Å². The molecule has 0 fully saturated rings. The maximum absolute atomic E-state index is 5.16. The van der Waals surface area contributed by atoms with Crippen molar-refractivity contribution in [2.45, 2.75) is 6.92 Å². The van der Waals surface area contributed by atoms with Crippen LogP contribution in [-0.4, -0.2) is 9.55 Å². The highest BCUT2D eigenvalue weighted by atomic mass is 32.1. The number of rotatable bonds is 4. The third-order valence-electron chi connectivity index (χ3n) is 9.00. The second-order valence-corrected chi connectivity index (χ2v) is 12.7. The van der Waals surface area contributed by atoms with Crippen molar-refractivity contribution in [1.29, 1.82) is 0 Å². The van der Waals surface area contributed by atoms with Crippen LogP contribution in [-0.2, 0) is 0 Å². The minimum absolute atomic E-state index is 0.980. The standard InChI is InChI=1S/C42H28N2S/c1-27-34(26-35(29-12-4-2-5-13-29)43-42(27)30-14-6-3-7-15-30)28-20-22-31(23-21-28)44-36-18-10-8-16-32(36)40-37(44)24-25-39-41(40)33-17-9-11-19-38(33)45-39/h2-26H,1H3. The normalized spacial score (nSPS) is 11.7. The molecular formula is C42H28N2S. The number of aromatic nitrogens is 2. The summed E-state index contributed by atoms with van der Waals surface area (Å²) < 4.78 is 5.09. The topological polar surface area (TPSA) is 17.8 Å². The third-order valence-corrected chi connectivity index (χ3v) is 10.1. The molecule has 6 aromatic carbocycles. The van der Waals surface area contributed by atoms with Crippen molar-refractivity contribution in [3.05, 3.63) is 157 Å². The summed E-state index contributed by atoms with van der Waals surface area (Å²) in [5, 5.41) is 5.30. The van der Waals surface area contributed by atoms with E-state index in [1.165, 1.54) is 58.7 Å². The zero-order valence-corrected chi connectivity index (χ0v) is 25.6. The van der Waals surface area contributed by atoms with Gasteiger partial charge in [0.25, 0.3) is 0 Å². The first kappa shape index (κ1) is 25.9. The Morgan fingerprint density at radius 3 is 1.96 bits per heavy atom. The monoisotopic (exact) mass is 592 g/mol. The lowest BCUT2D eigenvalue weighted by atomic mass is 9.94. The Hall–Kier alpha value is -5.51. The number of fused-ring (bicyclic) bond motifs is 7. The first-order valence-electron chi connectivity index (χ1n) is 15.3. The smallest absolute Gasteiger partial charge is 0.0744 e. The van der Waals surface area contributed by atoms with Crippen LogP contribution in [0.1, 0.15) is 5.56 Å². The van der Waals surface area contributed by atoms with Crippen LogP contribution in [0.3, 0.4) is 0 Å². The molecule has 0 aliphatic carbocycles. The summed E-state index contributed by atoms with van der Waals surface area (Å²) in [4.78, 5) is 5.16. The lowest BCUT2D eigenvalue weighted by Gasteiger charge is -2.15. The van der Waals surface area contributed by atoms with Gasteiger partial charge in [-0.2, -0.15) is 0 Å². The van der Waals surface area contributed by atoms with Crippen molar-refractivity contribution in [3.8, 4) is 39.3 Å². The summed E-state index contributed by atoms with van der Waals surface area (Å²) in [6.45, 7) is 2.19. The molecule has 3 aromatic heterocycles. The van der Waals surface area contributed by atoms with Crippen molar-refractivity contribution in [1.82, 2.24) is 9.55 Å². The molecule has 0 saturated heterocycles. The molecule has 9 rings (SSSR count). The summed E-state index contributed by atoms with van der Waals surface area (Å²) in [5.74, 6) is 0. The number of pyridine rings is 1. The van der Waals surface area contributed by atoms with E-state index in [2.05, 4.69) is 163 Å². The van der Waals surface area contributed by atoms with E-state index >= 15 is 0 Å². The van der Waals surface area contributed by atoms with Crippen LogP contribution in [0.2, 0.25) is 0 Å². The molecule has 0 unspecified atom stereocenters. The van der Waals surface area contributed by atoms with Crippen molar-refractivity contribution in [2.24, 2.45) is 0 Å². The first-order valence-corrected chi connectivity index (χ1v) is 16.1. The van der Waals surface area contributed by atoms with E-state index in [9.17, 15) is 0 Å². The average Bonchev–Trinajstić information content (AvgIpc) is 3.65. The van der Waals surface area contributed by atoms with Gasteiger partial charge in [0, 0.05) is 47.8 Å². The van der Waals surface area contributed by atoms with E-state index in [-0.39, 0.29) is 0 Å². The van der Waals surface area contributed by atoms with Crippen molar-refractivity contribution < 1.29 is 0 Å².